The van der Waals surface area contributed by atoms with Gasteiger partial charge in [-0.2, -0.15) is 0 Å². The Labute approximate surface area is 88.3 Å². The second-order valence-electron chi connectivity index (χ2n) is 2.23. The first-order valence-electron chi connectivity index (χ1n) is 7.05. The van der Waals surface area contributed by atoms with Crippen molar-refractivity contribution in [1.29, 1.82) is 0 Å². The molecule has 72 valence electrons. The monoisotopic (exact) mass is 188 g/mol. The first-order chi connectivity index (χ1) is 8.88. The van der Waals surface area contributed by atoms with Gasteiger partial charge in [0.05, 0.1) is 18.3 Å². The van der Waals surface area contributed by atoms with E-state index in [0.29, 0.717) is 0 Å². The Morgan fingerprint density at radius 2 is 2.38 bits per heavy atom. The molecule has 0 saturated carbocycles. The molecule has 0 unspecified atom stereocenters. The molecule has 0 aliphatic carbocycles. The summed E-state index contributed by atoms with van der Waals surface area (Å²) in [6, 6.07) is 3.74. The van der Waals surface area contributed by atoms with Crippen LogP contribution in [0.5, 0.6) is 11.5 Å². The van der Waals surface area contributed by atoms with Gasteiger partial charge in [0.1, 0.15) is 11.5 Å². The van der Waals surface area contributed by atoms with E-state index in [9.17, 15) is 0 Å². The molecular weight excluding hydrogens is 166 g/mol. The van der Waals surface area contributed by atoms with Gasteiger partial charge in [0.15, 0.2) is 0 Å². The zero-order chi connectivity index (χ0) is 15.8. The van der Waals surface area contributed by atoms with Crippen LogP contribution in [0.4, 0.5) is 0 Å². The smallest absolute Gasteiger partial charge is 0.122 e. The van der Waals surface area contributed by atoms with Crippen LogP contribution in [0.1, 0.15) is 15.2 Å². The molecule has 2 N–H and O–H groups in total. The fourth-order valence-corrected chi connectivity index (χ4v) is 0.901. The predicted octanol–water partition coefficient (Wildman–Crippen LogP) is 1.20. The Bertz CT molecular complexity index is 481. The number of hydrogen-bond acceptors (Lipinski definition) is 3. The second kappa shape index (κ2) is 4.72. The molecule has 3 nitrogen and oxygen atoms in total. The lowest BCUT2D eigenvalue weighted by molar-refractivity contribution is 0.399. The van der Waals surface area contributed by atoms with Crippen LogP contribution in [0, 0.1) is 0 Å². The first-order valence-corrected chi connectivity index (χ1v) is 3.55. The minimum Gasteiger partial charge on any atom is -0.497 e. The van der Waals surface area contributed by atoms with Crippen LogP contribution in [-0.4, -0.2) is 20.6 Å². The number of methoxy groups -OCH3 is 2. The van der Waals surface area contributed by atoms with Gasteiger partial charge in [-0.3, -0.25) is 0 Å². The zero-order valence-electron chi connectivity index (χ0n) is 14.1. The van der Waals surface area contributed by atoms with Gasteiger partial charge in [0, 0.05) is 5.48 Å². The molecule has 0 radical (unpaired) electrons. The third kappa shape index (κ3) is 2.36. The SMILES string of the molecule is [2H]C([2H])([2H])Oc1ccc(OC)cc1C([2H])([2H])C([2H])([2H])N. The van der Waals surface area contributed by atoms with Crippen molar-refractivity contribution in [2.24, 2.45) is 5.73 Å². The van der Waals surface area contributed by atoms with Gasteiger partial charge in [0.25, 0.3) is 0 Å². The van der Waals surface area contributed by atoms with Crippen LogP contribution < -0.4 is 15.2 Å². The highest BCUT2D eigenvalue weighted by atomic mass is 16.5. The number of benzene rings is 1. The molecule has 0 aliphatic rings. The fourth-order valence-electron chi connectivity index (χ4n) is 0.901. The summed E-state index contributed by atoms with van der Waals surface area (Å²) >= 11 is 0. The number of aryl methyl sites for hydroxylation is 1. The summed E-state index contributed by atoms with van der Waals surface area (Å²) in [6.07, 6.45) is -2.66. The van der Waals surface area contributed by atoms with Crippen molar-refractivity contribution in [1.82, 2.24) is 0 Å². The van der Waals surface area contributed by atoms with Crippen molar-refractivity contribution in [3.63, 3.8) is 0 Å². The quantitative estimate of drug-likeness (QED) is 0.772. The molecule has 0 spiro atoms. The third-order valence-electron chi connectivity index (χ3n) is 1.50. The van der Waals surface area contributed by atoms with E-state index in [2.05, 4.69) is 0 Å². The van der Waals surface area contributed by atoms with Gasteiger partial charge in [-0.25, -0.2) is 0 Å². The van der Waals surface area contributed by atoms with Crippen molar-refractivity contribution in [2.75, 3.05) is 20.6 Å². The van der Waals surface area contributed by atoms with Gasteiger partial charge in [-0.05, 0) is 36.6 Å². The Hall–Kier alpha value is -1.22. The van der Waals surface area contributed by atoms with Crippen LogP contribution in [0.2, 0.25) is 0 Å². The molecule has 0 heterocycles. The molecule has 0 fully saturated rings. The van der Waals surface area contributed by atoms with Crippen molar-refractivity contribution in [3.8, 4) is 11.5 Å². The highest BCUT2D eigenvalue weighted by Gasteiger charge is 2.03. The third-order valence-corrected chi connectivity index (χ3v) is 1.50. The van der Waals surface area contributed by atoms with Gasteiger partial charge in [-0.1, -0.05) is 0 Å². The molecule has 3 heteroatoms. The zero-order valence-corrected chi connectivity index (χ0v) is 7.13. The molecule has 0 aromatic heterocycles. The molecule has 1 aromatic carbocycles. The van der Waals surface area contributed by atoms with Crippen molar-refractivity contribution in [3.05, 3.63) is 23.8 Å². The largest absolute Gasteiger partial charge is 0.497 e. The standard InChI is InChI=1S/C10H15NO2/c1-12-9-3-4-10(13-2)8(7-9)5-6-11/h3-4,7H,5-6,11H2,1-2H3/i2D3,5D2,6D2. The average Bonchev–Trinajstić information content (AvgIpc) is 2.25. The van der Waals surface area contributed by atoms with Crippen LogP contribution in [0.25, 0.3) is 0 Å². The molecule has 1 aromatic rings. The number of ether oxygens (including phenoxy) is 2. The van der Waals surface area contributed by atoms with E-state index in [1.54, 1.807) is 0 Å². The van der Waals surface area contributed by atoms with E-state index < -0.39 is 19.9 Å². The number of rotatable bonds is 4. The maximum Gasteiger partial charge on any atom is 0.122 e. The number of hydrogen-bond donors (Lipinski definition) is 1. The lowest BCUT2D eigenvalue weighted by Crippen LogP contribution is -2.04. The lowest BCUT2D eigenvalue weighted by atomic mass is 10.1. The lowest BCUT2D eigenvalue weighted by Gasteiger charge is -2.08. The summed E-state index contributed by atoms with van der Waals surface area (Å²) < 4.78 is 61.1. The molecule has 0 bridgehead atoms. The molecule has 0 atom stereocenters. The summed E-state index contributed by atoms with van der Waals surface area (Å²) in [5.74, 6) is -0.0869. The van der Waals surface area contributed by atoms with E-state index >= 15 is 0 Å². The van der Waals surface area contributed by atoms with E-state index in [4.69, 9.17) is 24.8 Å². The van der Waals surface area contributed by atoms with E-state index in [1.807, 2.05) is 0 Å². The molecule has 0 aliphatic heterocycles. The van der Waals surface area contributed by atoms with E-state index in [-0.39, 0.29) is 17.1 Å². The summed E-state index contributed by atoms with van der Waals surface area (Å²) in [4.78, 5) is 0. The second-order valence-corrected chi connectivity index (χ2v) is 2.23. The molecule has 1 rings (SSSR count). The Kier molecular flexibility index (Phi) is 1.41. The van der Waals surface area contributed by atoms with Gasteiger partial charge in [0.2, 0.25) is 0 Å². The maximum absolute atomic E-state index is 7.79. The highest BCUT2D eigenvalue weighted by molar-refractivity contribution is 5.40. The Morgan fingerprint density at radius 3 is 3.00 bits per heavy atom. The fraction of sp³-hybridized carbons (Fsp3) is 0.400. The first kappa shape index (κ1) is 3.88. The topological polar surface area (TPSA) is 44.5 Å². The van der Waals surface area contributed by atoms with Gasteiger partial charge >= 0.3 is 0 Å². The van der Waals surface area contributed by atoms with Crippen molar-refractivity contribution < 1.29 is 19.1 Å². The van der Waals surface area contributed by atoms with Crippen LogP contribution in [-0.2, 0) is 6.37 Å². The molecule has 0 amide bonds. The van der Waals surface area contributed by atoms with Crippen LogP contribution in [0.15, 0.2) is 18.2 Å². The molecular formula is C10H15NO2. The summed E-state index contributed by atoms with van der Waals surface area (Å²) in [6.45, 7) is -2.73. The van der Waals surface area contributed by atoms with Crippen molar-refractivity contribution >= 4 is 0 Å². The highest BCUT2D eigenvalue weighted by Crippen LogP contribution is 2.23. The normalized spacial score (nSPS) is 20.9. The Balaban J connectivity index is 3.41. The number of nitrogens with two attached hydrogens (primary N) is 1. The summed E-state index contributed by atoms with van der Waals surface area (Å²) in [5, 5.41) is 0. The van der Waals surface area contributed by atoms with Gasteiger partial charge in [-0.15, -0.1) is 0 Å². The minimum absolute atomic E-state index is 0.228. The van der Waals surface area contributed by atoms with Crippen molar-refractivity contribution in [2.45, 2.75) is 6.37 Å². The van der Waals surface area contributed by atoms with E-state index in [0.717, 1.165) is 6.07 Å². The summed E-state index contributed by atoms with van der Waals surface area (Å²) in [5.41, 5.74) is 4.86. The minimum atomic E-state index is -2.79. The summed E-state index contributed by atoms with van der Waals surface area (Å²) in [7, 11) is -1.45. The van der Waals surface area contributed by atoms with Crippen LogP contribution >= 0.6 is 0 Å². The maximum atomic E-state index is 7.79. The predicted molar refractivity (Wildman–Crippen MR) is 52.3 cm³/mol. The van der Waals surface area contributed by atoms with Crippen LogP contribution in [0.3, 0.4) is 0 Å². The average molecular weight is 188 g/mol. The molecule has 13 heavy (non-hydrogen) atoms. The van der Waals surface area contributed by atoms with Gasteiger partial charge < -0.3 is 15.2 Å². The van der Waals surface area contributed by atoms with E-state index in [1.165, 1.54) is 19.2 Å². The Morgan fingerprint density at radius 1 is 1.54 bits per heavy atom. The molecule has 0 saturated heterocycles.